The van der Waals surface area contributed by atoms with Crippen molar-refractivity contribution in [1.29, 1.82) is 0 Å². The number of anilines is 1. The Morgan fingerprint density at radius 3 is 2.34 bits per heavy atom. The highest BCUT2D eigenvalue weighted by Gasteiger charge is 2.23. The van der Waals surface area contributed by atoms with Crippen LogP contribution in [0.3, 0.4) is 0 Å². The van der Waals surface area contributed by atoms with E-state index in [2.05, 4.69) is 37.4 Å². The summed E-state index contributed by atoms with van der Waals surface area (Å²) in [5.74, 6) is 0.610. The number of hydrogen-bond donors (Lipinski definition) is 2. The van der Waals surface area contributed by atoms with Gasteiger partial charge >= 0.3 is 0 Å². The van der Waals surface area contributed by atoms with Crippen LogP contribution in [-0.4, -0.2) is 31.9 Å². The molecule has 0 aliphatic rings. The van der Waals surface area contributed by atoms with E-state index in [4.69, 9.17) is 4.74 Å². The summed E-state index contributed by atoms with van der Waals surface area (Å²) in [5, 5.41) is 12.9. The number of amidine groups is 1. The third-order valence-electron chi connectivity index (χ3n) is 4.70. The summed E-state index contributed by atoms with van der Waals surface area (Å²) in [6.45, 7) is 7.37. The van der Waals surface area contributed by atoms with Gasteiger partial charge in [0.1, 0.15) is 4.90 Å². The summed E-state index contributed by atoms with van der Waals surface area (Å²) in [7, 11) is -2.37. The lowest BCUT2D eigenvalue weighted by atomic mass is 10.1. The first kappa shape index (κ1) is 26.0. The number of methoxy groups -OCH3 is 1. The van der Waals surface area contributed by atoms with Crippen molar-refractivity contribution >= 4 is 27.4 Å². The molecule has 3 aromatic rings. The van der Waals surface area contributed by atoms with Gasteiger partial charge in [-0.25, -0.2) is 18.1 Å². The highest BCUT2D eigenvalue weighted by atomic mass is 32.2. The maximum absolute atomic E-state index is 12.7. The fourth-order valence-corrected chi connectivity index (χ4v) is 4.39. The summed E-state index contributed by atoms with van der Waals surface area (Å²) in [6, 6.07) is 18.7. The van der Waals surface area contributed by atoms with Crippen LogP contribution in [-0.2, 0) is 16.4 Å². The van der Waals surface area contributed by atoms with Crippen molar-refractivity contribution in [3.8, 4) is 5.75 Å². The van der Waals surface area contributed by atoms with Crippen LogP contribution in [0.2, 0.25) is 0 Å². The van der Waals surface area contributed by atoms with E-state index in [0.717, 1.165) is 17.7 Å². The Morgan fingerprint density at radius 1 is 1.06 bits per heavy atom. The molecule has 0 amide bonds. The Bertz CT molecular complexity index is 1300. The molecule has 0 saturated carbocycles. The van der Waals surface area contributed by atoms with Crippen molar-refractivity contribution in [3.05, 3.63) is 78.0 Å². The summed E-state index contributed by atoms with van der Waals surface area (Å²) in [4.78, 5) is 4.14. The van der Waals surface area contributed by atoms with E-state index in [1.807, 2.05) is 54.6 Å². The van der Waals surface area contributed by atoms with Crippen LogP contribution in [0.25, 0.3) is 0 Å². The molecule has 2 aromatic carbocycles. The zero-order chi connectivity index (χ0) is 25.5. The molecule has 10 heteroatoms. The molecule has 0 saturated heterocycles. The van der Waals surface area contributed by atoms with Crippen LogP contribution >= 0.6 is 0 Å². The van der Waals surface area contributed by atoms with Gasteiger partial charge in [-0.1, -0.05) is 49.4 Å². The second-order valence-electron chi connectivity index (χ2n) is 8.72. The van der Waals surface area contributed by atoms with Crippen molar-refractivity contribution in [2.24, 2.45) is 15.3 Å². The second kappa shape index (κ2) is 11.2. The highest BCUT2D eigenvalue weighted by molar-refractivity contribution is 7.89. The first-order chi connectivity index (χ1) is 16.6. The topological polar surface area (TPSA) is 117 Å². The number of benzene rings is 2. The molecule has 0 aliphatic heterocycles. The molecule has 184 valence electrons. The predicted molar refractivity (Wildman–Crippen MR) is 138 cm³/mol. The fraction of sp³-hybridized carbons (Fsp3) is 0.280. The highest BCUT2D eigenvalue weighted by Crippen LogP contribution is 2.28. The lowest BCUT2D eigenvalue weighted by Gasteiger charge is -2.20. The van der Waals surface area contributed by atoms with Crippen molar-refractivity contribution in [3.63, 3.8) is 0 Å². The van der Waals surface area contributed by atoms with Gasteiger partial charge in [-0.2, -0.15) is 5.10 Å². The zero-order valence-corrected chi connectivity index (χ0v) is 21.3. The molecule has 0 aliphatic carbocycles. The van der Waals surface area contributed by atoms with Gasteiger partial charge in [0.15, 0.2) is 5.75 Å². The first-order valence-electron chi connectivity index (χ1n) is 11.1. The molecule has 1 heterocycles. The molecule has 0 unspecified atom stereocenters. The van der Waals surface area contributed by atoms with Crippen LogP contribution in [0.1, 0.15) is 38.8 Å². The number of aryl methyl sites for hydroxylation is 1. The van der Waals surface area contributed by atoms with Crippen LogP contribution in [0.15, 0.2) is 87.1 Å². The number of hydrogen-bond acceptors (Lipinski definition) is 7. The van der Waals surface area contributed by atoms with E-state index in [1.165, 1.54) is 24.9 Å². The Balaban J connectivity index is 1.91. The third-order valence-corrected chi connectivity index (χ3v) is 6.43. The quantitative estimate of drug-likeness (QED) is 0.191. The lowest BCUT2D eigenvalue weighted by molar-refractivity contribution is 0.412. The molecule has 2 N–H and O–H groups in total. The largest absolute Gasteiger partial charge is 0.493 e. The van der Waals surface area contributed by atoms with Crippen LogP contribution in [0.5, 0.6) is 5.75 Å². The monoisotopic (exact) mass is 494 g/mol. The van der Waals surface area contributed by atoms with Gasteiger partial charge in [0.2, 0.25) is 21.7 Å². The van der Waals surface area contributed by atoms with E-state index in [9.17, 15) is 8.42 Å². The Hall–Kier alpha value is -3.63. The number of azo groups is 1. The average molecular weight is 495 g/mol. The minimum absolute atomic E-state index is 0.0302. The summed E-state index contributed by atoms with van der Waals surface area (Å²) in [6.07, 6.45) is 2.17. The Morgan fingerprint density at radius 2 is 1.74 bits per heavy atom. The molecule has 0 spiro atoms. The minimum Gasteiger partial charge on any atom is -0.493 e. The summed E-state index contributed by atoms with van der Waals surface area (Å²) >= 11 is 0. The molecule has 3 rings (SSSR count). The SMILES string of the molecule is CCc1ccc(NN=C(N=Nc2ncc(S(=O)(=O)NC(C)(C)C)cc2OC)c2ccccc2)cc1. The molecule has 1 aromatic heterocycles. The number of ether oxygens (including phenoxy) is 1. The number of hydrazone groups is 1. The average Bonchev–Trinajstić information content (AvgIpc) is 2.83. The van der Waals surface area contributed by atoms with Crippen LogP contribution in [0.4, 0.5) is 11.5 Å². The molecule has 0 atom stereocenters. The van der Waals surface area contributed by atoms with Gasteiger partial charge in [-0.05, 0) is 44.9 Å². The van der Waals surface area contributed by atoms with E-state index in [-0.39, 0.29) is 16.5 Å². The third kappa shape index (κ3) is 7.43. The minimum atomic E-state index is -3.78. The Kier molecular flexibility index (Phi) is 8.31. The van der Waals surface area contributed by atoms with Crippen molar-refractivity contribution in [2.75, 3.05) is 12.5 Å². The number of sulfonamides is 1. The number of pyridine rings is 1. The number of aromatic nitrogens is 1. The van der Waals surface area contributed by atoms with Gasteiger partial charge in [0.05, 0.1) is 12.8 Å². The van der Waals surface area contributed by atoms with Crippen molar-refractivity contribution in [2.45, 2.75) is 44.6 Å². The molecular formula is C25H30N6O3S. The zero-order valence-electron chi connectivity index (χ0n) is 20.5. The normalized spacial score (nSPS) is 12.7. The van der Waals surface area contributed by atoms with Gasteiger partial charge in [0.25, 0.3) is 0 Å². The van der Waals surface area contributed by atoms with Gasteiger partial charge in [-0.3, -0.25) is 5.43 Å². The molecule has 9 nitrogen and oxygen atoms in total. The van der Waals surface area contributed by atoms with Crippen molar-refractivity contribution < 1.29 is 13.2 Å². The van der Waals surface area contributed by atoms with E-state index >= 15 is 0 Å². The smallest absolute Gasteiger partial charge is 0.242 e. The standard InChI is InChI=1S/C25H30N6O3S/c1-6-18-12-14-20(15-13-18)27-28-23(19-10-8-7-9-11-19)29-30-24-22(34-5)16-21(17-26-24)35(32,33)31-25(2,3)4/h7-17,27,31H,6H2,1-5H3. The first-order valence-corrected chi connectivity index (χ1v) is 12.6. The number of nitrogens with zero attached hydrogens (tertiary/aromatic N) is 4. The van der Waals surface area contributed by atoms with Crippen LogP contribution in [0, 0.1) is 0 Å². The lowest BCUT2D eigenvalue weighted by Crippen LogP contribution is -2.40. The Labute approximate surface area is 206 Å². The van der Waals surface area contributed by atoms with Gasteiger partial charge in [0, 0.05) is 23.4 Å². The van der Waals surface area contributed by atoms with E-state index < -0.39 is 15.6 Å². The maximum atomic E-state index is 12.7. The van der Waals surface area contributed by atoms with Gasteiger partial charge < -0.3 is 4.74 Å². The predicted octanol–water partition coefficient (Wildman–Crippen LogP) is 5.29. The fourth-order valence-electron chi connectivity index (χ4n) is 3.01. The van der Waals surface area contributed by atoms with E-state index in [0.29, 0.717) is 5.84 Å². The molecular weight excluding hydrogens is 464 g/mol. The maximum Gasteiger partial charge on any atom is 0.242 e. The summed E-state index contributed by atoms with van der Waals surface area (Å²) in [5.41, 5.74) is 5.13. The number of rotatable bonds is 8. The molecule has 0 fully saturated rings. The molecule has 35 heavy (non-hydrogen) atoms. The molecule has 0 bridgehead atoms. The van der Waals surface area contributed by atoms with Gasteiger partial charge in [-0.15, -0.1) is 10.2 Å². The second-order valence-corrected chi connectivity index (χ2v) is 10.4. The summed E-state index contributed by atoms with van der Waals surface area (Å²) < 4.78 is 33.2. The van der Waals surface area contributed by atoms with E-state index in [1.54, 1.807) is 20.8 Å². The number of nitrogens with one attached hydrogen (secondary N) is 2. The van der Waals surface area contributed by atoms with Crippen molar-refractivity contribution in [1.82, 2.24) is 9.71 Å². The molecule has 0 radical (unpaired) electrons. The van der Waals surface area contributed by atoms with Crippen LogP contribution < -0.4 is 14.9 Å².